The first-order chi connectivity index (χ1) is 15.8. The van der Waals surface area contributed by atoms with Crippen LogP contribution in [-0.4, -0.2) is 37.3 Å². The summed E-state index contributed by atoms with van der Waals surface area (Å²) in [5.41, 5.74) is 0.816. The molecule has 0 radical (unpaired) electrons. The molecular weight excluding hydrogens is 434 g/mol. The minimum Gasteiger partial charge on any atom is -0.457 e. The van der Waals surface area contributed by atoms with Crippen LogP contribution in [0.4, 0.5) is 0 Å². The Balaban J connectivity index is 1.57. The average molecular weight is 470 g/mol. The summed E-state index contributed by atoms with van der Waals surface area (Å²) in [4.78, 5) is 28.8. The van der Waals surface area contributed by atoms with Crippen LogP contribution in [0.15, 0.2) is 55.6 Å². The summed E-state index contributed by atoms with van der Waals surface area (Å²) in [6, 6.07) is 5.92. The number of carbonyl (C=O) groups excluding carboxylic acids is 2. The van der Waals surface area contributed by atoms with E-state index in [0.29, 0.717) is 13.1 Å². The Kier molecular flexibility index (Phi) is 7.54. The first kappa shape index (κ1) is 25.1. The van der Waals surface area contributed by atoms with Crippen molar-refractivity contribution in [1.82, 2.24) is 14.1 Å². The Morgan fingerprint density at radius 2 is 1.21 bits per heavy atom. The highest BCUT2D eigenvalue weighted by Crippen LogP contribution is 2.08. The van der Waals surface area contributed by atoms with Gasteiger partial charge in [-0.25, -0.2) is 32.8 Å². The van der Waals surface area contributed by atoms with Gasteiger partial charge in [0.05, 0.1) is 11.4 Å². The van der Waals surface area contributed by atoms with E-state index >= 15 is 0 Å². The quantitative estimate of drug-likeness (QED) is 0.372. The predicted octanol–water partition coefficient (Wildman–Crippen LogP) is 2.04. The molecule has 0 unspecified atom stereocenters. The standard InChI is InChI=1S/C25H35N5O4/c1-24(2,3)33-22(31)16-29-12-10-27(18-29)14-20-8-7-9-21(26-20)15-28-11-13-30(19-28)17-23(32)34-25(4,5)6/h7-13,18-19H,14-17H2,1-6H3/q+2. The van der Waals surface area contributed by atoms with Crippen LogP contribution in [0, 0.1) is 0 Å². The van der Waals surface area contributed by atoms with Gasteiger partial charge in [0.15, 0.2) is 13.1 Å². The van der Waals surface area contributed by atoms with Crippen molar-refractivity contribution in [2.45, 2.75) is 78.9 Å². The second kappa shape index (κ2) is 10.2. The highest BCUT2D eigenvalue weighted by atomic mass is 16.6. The zero-order valence-corrected chi connectivity index (χ0v) is 20.9. The lowest BCUT2D eigenvalue weighted by molar-refractivity contribution is -0.689. The van der Waals surface area contributed by atoms with Gasteiger partial charge in [-0.15, -0.1) is 0 Å². The zero-order valence-electron chi connectivity index (χ0n) is 20.9. The molecule has 3 aromatic rings. The maximum absolute atomic E-state index is 12.0. The third-order valence-corrected chi connectivity index (χ3v) is 4.51. The molecule has 0 bridgehead atoms. The Hall–Kier alpha value is -3.49. The minimum absolute atomic E-state index is 0.161. The first-order valence-electron chi connectivity index (χ1n) is 11.3. The lowest BCUT2D eigenvalue weighted by Gasteiger charge is -2.18. The van der Waals surface area contributed by atoms with E-state index in [-0.39, 0.29) is 25.0 Å². The maximum atomic E-state index is 12.0. The van der Waals surface area contributed by atoms with E-state index in [0.717, 1.165) is 11.4 Å². The molecule has 0 saturated carbocycles. The fraction of sp³-hybridized carbons (Fsp3) is 0.480. The third kappa shape index (κ3) is 8.46. The van der Waals surface area contributed by atoms with Crippen LogP contribution in [0.5, 0.6) is 0 Å². The number of aromatic nitrogens is 5. The molecule has 9 heteroatoms. The van der Waals surface area contributed by atoms with Crippen LogP contribution in [-0.2, 0) is 45.2 Å². The van der Waals surface area contributed by atoms with Crippen LogP contribution < -0.4 is 9.13 Å². The van der Waals surface area contributed by atoms with Gasteiger partial charge in [0.2, 0.25) is 12.7 Å². The zero-order chi connectivity index (χ0) is 24.9. The minimum atomic E-state index is -0.501. The third-order valence-electron chi connectivity index (χ3n) is 4.51. The fourth-order valence-electron chi connectivity index (χ4n) is 3.38. The molecule has 0 aromatic carbocycles. The first-order valence-corrected chi connectivity index (χ1v) is 11.3. The van der Waals surface area contributed by atoms with Gasteiger partial charge < -0.3 is 9.47 Å². The molecule has 9 nitrogen and oxygen atoms in total. The van der Waals surface area contributed by atoms with Crippen molar-refractivity contribution in [3.8, 4) is 0 Å². The molecule has 0 amide bonds. The number of rotatable bonds is 8. The van der Waals surface area contributed by atoms with E-state index in [1.165, 1.54) is 0 Å². The highest BCUT2D eigenvalue weighted by molar-refractivity contribution is 5.70. The van der Waals surface area contributed by atoms with Crippen molar-refractivity contribution in [3.63, 3.8) is 0 Å². The average Bonchev–Trinajstić information content (AvgIpc) is 3.28. The normalized spacial score (nSPS) is 11.9. The molecule has 0 fully saturated rings. The van der Waals surface area contributed by atoms with E-state index in [1.54, 1.807) is 9.13 Å². The summed E-state index contributed by atoms with van der Waals surface area (Å²) in [6.45, 7) is 12.6. The number of esters is 2. The van der Waals surface area contributed by atoms with Gasteiger partial charge in [-0.2, -0.15) is 0 Å². The van der Waals surface area contributed by atoms with Crippen molar-refractivity contribution < 1.29 is 28.2 Å². The second-order valence-corrected chi connectivity index (χ2v) is 10.3. The Morgan fingerprint density at radius 3 is 1.59 bits per heavy atom. The molecule has 3 aromatic heterocycles. The van der Waals surface area contributed by atoms with Crippen molar-refractivity contribution in [2.75, 3.05) is 0 Å². The SMILES string of the molecule is CC(C)(C)OC(=O)Cn1cc[n+](Cc2cccc(C[n+]3ccn(CC(=O)OC(C)(C)C)c3)n2)c1. The number of hydrogen-bond acceptors (Lipinski definition) is 5. The molecule has 0 spiro atoms. The molecule has 0 aliphatic rings. The maximum Gasteiger partial charge on any atom is 0.349 e. The summed E-state index contributed by atoms with van der Waals surface area (Å²) in [6.07, 6.45) is 11.2. The molecule has 182 valence electrons. The van der Waals surface area contributed by atoms with Crippen molar-refractivity contribution in [2.24, 2.45) is 0 Å². The molecule has 0 atom stereocenters. The van der Waals surface area contributed by atoms with Gasteiger partial charge in [-0.05, 0) is 53.7 Å². The Morgan fingerprint density at radius 1 is 0.794 bits per heavy atom. The molecule has 0 saturated heterocycles. The van der Waals surface area contributed by atoms with Gasteiger partial charge in [0.1, 0.15) is 49.1 Å². The second-order valence-electron chi connectivity index (χ2n) is 10.3. The Bertz CT molecular complexity index is 1050. The summed E-state index contributed by atoms with van der Waals surface area (Å²) < 4.78 is 18.3. The van der Waals surface area contributed by atoms with Crippen molar-refractivity contribution in [1.29, 1.82) is 0 Å². The van der Waals surface area contributed by atoms with Crippen LogP contribution in [0.25, 0.3) is 0 Å². The highest BCUT2D eigenvalue weighted by Gasteiger charge is 2.20. The van der Waals surface area contributed by atoms with E-state index in [9.17, 15) is 9.59 Å². The Labute approximate surface area is 200 Å². The lowest BCUT2D eigenvalue weighted by atomic mass is 10.2. The van der Waals surface area contributed by atoms with Crippen LogP contribution in [0.1, 0.15) is 52.9 Å². The number of carbonyl (C=O) groups is 2. The number of imidazole rings is 2. The van der Waals surface area contributed by atoms with Crippen LogP contribution in [0.2, 0.25) is 0 Å². The topological polar surface area (TPSA) is 83.1 Å². The summed E-state index contributed by atoms with van der Waals surface area (Å²) >= 11 is 0. The smallest absolute Gasteiger partial charge is 0.349 e. The molecule has 0 N–H and O–H groups in total. The largest absolute Gasteiger partial charge is 0.457 e. The number of ether oxygens (including phenoxy) is 2. The summed E-state index contributed by atoms with van der Waals surface area (Å²) in [5.74, 6) is -0.544. The molecule has 0 aliphatic carbocycles. The van der Waals surface area contributed by atoms with E-state index in [2.05, 4.69) is 0 Å². The molecule has 3 rings (SSSR count). The lowest BCUT2D eigenvalue weighted by Crippen LogP contribution is -2.34. The van der Waals surface area contributed by atoms with Crippen LogP contribution >= 0.6 is 0 Å². The van der Waals surface area contributed by atoms with E-state index in [1.807, 2.05) is 106 Å². The number of nitrogens with zero attached hydrogens (tertiary/aromatic N) is 5. The van der Waals surface area contributed by atoms with Gasteiger partial charge in [-0.1, -0.05) is 6.07 Å². The molecular formula is C25H35N5O4+2. The van der Waals surface area contributed by atoms with Gasteiger partial charge in [0, 0.05) is 0 Å². The van der Waals surface area contributed by atoms with Gasteiger partial charge >= 0.3 is 11.9 Å². The monoisotopic (exact) mass is 469 g/mol. The summed E-state index contributed by atoms with van der Waals surface area (Å²) in [5, 5.41) is 0. The van der Waals surface area contributed by atoms with E-state index in [4.69, 9.17) is 14.5 Å². The fourth-order valence-corrected chi connectivity index (χ4v) is 3.38. The molecule has 0 aliphatic heterocycles. The van der Waals surface area contributed by atoms with E-state index < -0.39 is 11.2 Å². The molecule has 34 heavy (non-hydrogen) atoms. The van der Waals surface area contributed by atoms with Gasteiger partial charge in [-0.3, -0.25) is 0 Å². The van der Waals surface area contributed by atoms with Gasteiger partial charge in [0.25, 0.3) is 0 Å². The molecule has 3 heterocycles. The number of hydrogen-bond donors (Lipinski definition) is 0. The van der Waals surface area contributed by atoms with Crippen molar-refractivity contribution in [3.05, 3.63) is 67.0 Å². The predicted molar refractivity (Wildman–Crippen MR) is 123 cm³/mol. The number of pyridine rings is 1. The van der Waals surface area contributed by atoms with Crippen LogP contribution in [0.3, 0.4) is 0 Å². The van der Waals surface area contributed by atoms with Crippen molar-refractivity contribution >= 4 is 11.9 Å². The summed E-state index contributed by atoms with van der Waals surface area (Å²) in [7, 11) is 0.